The van der Waals surface area contributed by atoms with Crippen molar-refractivity contribution < 1.29 is 0 Å². The summed E-state index contributed by atoms with van der Waals surface area (Å²) < 4.78 is 0. The van der Waals surface area contributed by atoms with Crippen LogP contribution < -0.4 is 0 Å². The second-order valence-corrected chi connectivity index (χ2v) is 5.44. The lowest BCUT2D eigenvalue weighted by molar-refractivity contribution is 0.445. The van der Waals surface area contributed by atoms with Crippen LogP contribution in [0.25, 0.3) is 0 Å². The number of hydrogen-bond donors (Lipinski definition) is 0. The zero-order chi connectivity index (χ0) is 11.5. The molecular formula is C16H26. The third kappa shape index (κ3) is 2.42. The Morgan fingerprint density at radius 2 is 1.81 bits per heavy atom. The Labute approximate surface area is 101 Å². The molecule has 0 bridgehead atoms. The summed E-state index contributed by atoms with van der Waals surface area (Å²) >= 11 is 0. The van der Waals surface area contributed by atoms with Gasteiger partial charge in [-0.1, -0.05) is 37.6 Å². The molecule has 0 nitrogen and oxygen atoms in total. The first-order valence-electron chi connectivity index (χ1n) is 7.12. The van der Waals surface area contributed by atoms with Gasteiger partial charge in [0, 0.05) is 0 Å². The molecule has 16 heavy (non-hydrogen) atoms. The van der Waals surface area contributed by atoms with Gasteiger partial charge in [-0.15, -0.1) is 0 Å². The lowest BCUT2D eigenvalue weighted by Gasteiger charge is -2.12. The zero-order valence-electron chi connectivity index (χ0n) is 11.1. The molecule has 0 aliphatic heterocycles. The highest BCUT2D eigenvalue weighted by molar-refractivity contribution is 5.22. The van der Waals surface area contributed by atoms with E-state index in [2.05, 4.69) is 39.0 Å². The molecule has 90 valence electrons. The first-order valence-corrected chi connectivity index (χ1v) is 7.12. The van der Waals surface area contributed by atoms with Crippen LogP contribution in [-0.2, 0) is 0 Å². The molecule has 0 spiro atoms. The maximum absolute atomic E-state index is 2.37. The molecule has 2 saturated carbocycles. The van der Waals surface area contributed by atoms with Crippen molar-refractivity contribution in [2.45, 2.75) is 52.9 Å². The van der Waals surface area contributed by atoms with Crippen LogP contribution in [0, 0.1) is 23.7 Å². The monoisotopic (exact) mass is 218 g/mol. The van der Waals surface area contributed by atoms with Crippen molar-refractivity contribution in [3.63, 3.8) is 0 Å². The molecule has 0 radical (unpaired) electrons. The van der Waals surface area contributed by atoms with Crippen molar-refractivity contribution in [1.82, 2.24) is 0 Å². The van der Waals surface area contributed by atoms with Gasteiger partial charge in [-0.25, -0.2) is 0 Å². The van der Waals surface area contributed by atoms with Gasteiger partial charge in [-0.3, -0.25) is 0 Å². The van der Waals surface area contributed by atoms with E-state index in [1.165, 1.54) is 32.1 Å². The SMILES string of the molecule is CC=C(CC)CC1C2C(CCC=CCC)C12. The highest BCUT2D eigenvalue weighted by atomic mass is 14.8. The topological polar surface area (TPSA) is 0 Å². The molecule has 0 saturated heterocycles. The molecule has 0 aromatic rings. The van der Waals surface area contributed by atoms with Crippen molar-refractivity contribution in [2.75, 3.05) is 0 Å². The number of fused-ring (bicyclic) bond motifs is 1. The van der Waals surface area contributed by atoms with Crippen LogP contribution in [0.5, 0.6) is 0 Å². The molecule has 2 atom stereocenters. The summed E-state index contributed by atoms with van der Waals surface area (Å²) in [6.07, 6.45) is 13.6. The first kappa shape index (κ1) is 12.0. The maximum atomic E-state index is 2.37. The highest BCUT2D eigenvalue weighted by Crippen LogP contribution is 2.76. The zero-order valence-corrected chi connectivity index (χ0v) is 11.1. The summed E-state index contributed by atoms with van der Waals surface area (Å²) in [5.41, 5.74) is 1.68. The first-order chi connectivity index (χ1) is 7.83. The summed E-state index contributed by atoms with van der Waals surface area (Å²) in [4.78, 5) is 0. The van der Waals surface area contributed by atoms with E-state index in [4.69, 9.17) is 0 Å². The molecule has 2 unspecified atom stereocenters. The van der Waals surface area contributed by atoms with Gasteiger partial charge in [-0.2, -0.15) is 0 Å². The number of hydrogen-bond acceptors (Lipinski definition) is 0. The Morgan fingerprint density at radius 3 is 2.38 bits per heavy atom. The molecule has 0 heteroatoms. The van der Waals surface area contributed by atoms with Crippen molar-refractivity contribution >= 4 is 0 Å². The molecular weight excluding hydrogens is 192 g/mol. The Morgan fingerprint density at radius 1 is 1.06 bits per heavy atom. The minimum absolute atomic E-state index is 1.09. The standard InChI is InChI=1S/C16H26/c1-4-7-8-9-10-13-15-14(16(13)15)11-12(5-2)6-3/h5,7-8,13-16H,4,6,9-11H2,1-3H3. The van der Waals surface area contributed by atoms with Crippen molar-refractivity contribution in [3.05, 3.63) is 23.8 Å². The van der Waals surface area contributed by atoms with Crippen LogP contribution in [0.4, 0.5) is 0 Å². The minimum atomic E-state index is 1.09. The quantitative estimate of drug-likeness (QED) is 0.529. The molecule has 2 aliphatic carbocycles. The van der Waals surface area contributed by atoms with E-state index in [0.717, 1.165) is 23.7 Å². The lowest BCUT2D eigenvalue weighted by atomic mass is 9.94. The largest absolute Gasteiger partial charge is 0.0888 e. The lowest BCUT2D eigenvalue weighted by Crippen LogP contribution is -2.01. The van der Waals surface area contributed by atoms with E-state index in [1.54, 1.807) is 5.57 Å². The van der Waals surface area contributed by atoms with Gasteiger partial charge < -0.3 is 0 Å². The van der Waals surface area contributed by atoms with Crippen LogP contribution >= 0.6 is 0 Å². The minimum Gasteiger partial charge on any atom is -0.0888 e. The molecule has 0 heterocycles. The van der Waals surface area contributed by atoms with E-state index in [1.807, 2.05) is 0 Å². The van der Waals surface area contributed by atoms with Crippen LogP contribution in [-0.4, -0.2) is 0 Å². The fraction of sp³-hybridized carbons (Fsp3) is 0.750. The highest BCUT2D eigenvalue weighted by Gasteiger charge is 2.71. The summed E-state index contributed by atoms with van der Waals surface area (Å²) in [7, 11) is 0. The van der Waals surface area contributed by atoms with Crippen molar-refractivity contribution in [3.8, 4) is 0 Å². The van der Waals surface area contributed by atoms with Gasteiger partial charge in [0.1, 0.15) is 0 Å². The Hall–Kier alpha value is -0.520. The van der Waals surface area contributed by atoms with Crippen molar-refractivity contribution in [2.24, 2.45) is 23.7 Å². The van der Waals surface area contributed by atoms with Gasteiger partial charge in [-0.05, 0) is 62.7 Å². The van der Waals surface area contributed by atoms with Gasteiger partial charge in [0.15, 0.2) is 0 Å². The number of allylic oxidation sites excluding steroid dienone is 4. The van der Waals surface area contributed by atoms with Gasteiger partial charge in [0.2, 0.25) is 0 Å². The second kappa shape index (κ2) is 5.21. The smallest absolute Gasteiger partial charge is 0.0286 e. The molecule has 0 aromatic heterocycles. The van der Waals surface area contributed by atoms with Crippen LogP contribution in [0.1, 0.15) is 52.9 Å². The van der Waals surface area contributed by atoms with Gasteiger partial charge in [0.05, 0.1) is 0 Å². The van der Waals surface area contributed by atoms with Crippen LogP contribution in [0.2, 0.25) is 0 Å². The van der Waals surface area contributed by atoms with Gasteiger partial charge >= 0.3 is 0 Å². The third-order valence-corrected chi connectivity index (χ3v) is 4.57. The molecule has 2 aliphatic rings. The van der Waals surface area contributed by atoms with Crippen LogP contribution in [0.3, 0.4) is 0 Å². The molecule has 2 rings (SSSR count). The fourth-order valence-electron chi connectivity index (χ4n) is 3.35. The summed E-state index contributed by atoms with van der Waals surface area (Å²) in [5, 5.41) is 0. The Bertz CT molecular complexity index is 274. The predicted molar refractivity (Wildman–Crippen MR) is 71.3 cm³/mol. The molecule has 0 N–H and O–H groups in total. The fourth-order valence-corrected chi connectivity index (χ4v) is 3.35. The third-order valence-electron chi connectivity index (χ3n) is 4.57. The second-order valence-electron chi connectivity index (χ2n) is 5.44. The van der Waals surface area contributed by atoms with Crippen molar-refractivity contribution in [1.29, 1.82) is 0 Å². The van der Waals surface area contributed by atoms with Gasteiger partial charge in [0.25, 0.3) is 0 Å². The Balaban J connectivity index is 1.58. The molecule has 0 amide bonds. The van der Waals surface area contributed by atoms with E-state index >= 15 is 0 Å². The summed E-state index contributed by atoms with van der Waals surface area (Å²) in [5.74, 6) is 4.47. The predicted octanol–water partition coefficient (Wildman–Crippen LogP) is 4.97. The Kier molecular flexibility index (Phi) is 3.89. The van der Waals surface area contributed by atoms with E-state index in [-0.39, 0.29) is 0 Å². The maximum Gasteiger partial charge on any atom is -0.0286 e. The summed E-state index contributed by atoms with van der Waals surface area (Å²) in [6, 6.07) is 0. The van der Waals surface area contributed by atoms with Crippen LogP contribution in [0.15, 0.2) is 23.8 Å². The van der Waals surface area contributed by atoms with E-state index in [0.29, 0.717) is 0 Å². The summed E-state index contributed by atoms with van der Waals surface area (Å²) in [6.45, 7) is 6.70. The average molecular weight is 218 g/mol. The number of rotatable bonds is 7. The van der Waals surface area contributed by atoms with E-state index < -0.39 is 0 Å². The average Bonchev–Trinajstić information content (AvgIpc) is 3.18. The molecule has 0 aromatic carbocycles. The normalized spacial score (nSPS) is 36.6. The molecule has 2 fully saturated rings. The van der Waals surface area contributed by atoms with E-state index in [9.17, 15) is 0 Å².